The van der Waals surface area contributed by atoms with Gasteiger partial charge in [-0.05, 0) is 36.4 Å². The maximum atomic E-state index is 6.04. The number of hydrogen-bond donors (Lipinski definition) is 1. The Bertz CT molecular complexity index is 811. The van der Waals surface area contributed by atoms with Crippen LogP contribution in [0.25, 0.3) is 10.2 Å². The van der Waals surface area contributed by atoms with Gasteiger partial charge in [-0.2, -0.15) is 0 Å². The summed E-state index contributed by atoms with van der Waals surface area (Å²) >= 11 is 1.61. The molecule has 5 heteroatoms. The van der Waals surface area contributed by atoms with Gasteiger partial charge < -0.3 is 10.6 Å². The molecule has 1 aliphatic heterocycles. The van der Waals surface area contributed by atoms with Gasteiger partial charge in [0.1, 0.15) is 10.6 Å². The van der Waals surface area contributed by atoms with Gasteiger partial charge in [-0.15, -0.1) is 11.3 Å². The topological polar surface area (TPSA) is 55.0 Å². The van der Waals surface area contributed by atoms with E-state index in [9.17, 15) is 0 Å². The van der Waals surface area contributed by atoms with E-state index < -0.39 is 0 Å². The Morgan fingerprint density at radius 2 is 2.14 bits per heavy atom. The van der Waals surface area contributed by atoms with E-state index in [1.54, 1.807) is 11.3 Å². The van der Waals surface area contributed by atoms with E-state index >= 15 is 0 Å². The van der Waals surface area contributed by atoms with Gasteiger partial charge in [0, 0.05) is 11.7 Å². The van der Waals surface area contributed by atoms with E-state index in [1.165, 1.54) is 11.3 Å². The third-order valence-corrected chi connectivity index (χ3v) is 4.87. The summed E-state index contributed by atoms with van der Waals surface area (Å²) in [5, 5.41) is 2.96. The van der Waals surface area contributed by atoms with Gasteiger partial charge in [0.2, 0.25) is 0 Å². The van der Waals surface area contributed by atoms with Gasteiger partial charge in [-0.1, -0.05) is 18.2 Å². The number of nitrogen functional groups attached to an aromatic ring is 1. The van der Waals surface area contributed by atoms with Crippen LogP contribution in [0.1, 0.15) is 18.3 Å². The summed E-state index contributed by atoms with van der Waals surface area (Å²) in [7, 11) is 0. The molecule has 21 heavy (non-hydrogen) atoms. The minimum Gasteiger partial charge on any atom is -0.383 e. The number of nitrogens with zero attached hydrogens (tertiary/aromatic N) is 3. The van der Waals surface area contributed by atoms with Gasteiger partial charge in [-0.3, -0.25) is 0 Å². The third-order valence-electron chi connectivity index (χ3n) is 4.06. The Morgan fingerprint density at radius 3 is 3.05 bits per heavy atom. The molecule has 0 bridgehead atoms. The van der Waals surface area contributed by atoms with E-state index in [0.29, 0.717) is 18.4 Å². The highest BCUT2D eigenvalue weighted by molar-refractivity contribution is 7.16. The zero-order chi connectivity index (χ0) is 14.4. The predicted octanol–water partition coefficient (Wildman–Crippen LogP) is 3.22. The highest BCUT2D eigenvalue weighted by atomic mass is 32.1. The molecule has 4 rings (SSSR count). The molecule has 0 radical (unpaired) electrons. The molecule has 2 aromatic heterocycles. The SMILES string of the molecule is CC1Cc2ccccc2N1Cc1nc(N)c2ccsc2n1. The summed E-state index contributed by atoms with van der Waals surface area (Å²) in [6.07, 6.45) is 1.08. The molecule has 0 fully saturated rings. The highest BCUT2D eigenvalue weighted by Gasteiger charge is 2.26. The molecule has 106 valence electrons. The number of anilines is 2. The fourth-order valence-corrected chi connectivity index (χ4v) is 3.81. The van der Waals surface area contributed by atoms with Crippen LogP contribution in [-0.2, 0) is 13.0 Å². The molecule has 1 aliphatic rings. The standard InChI is InChI=1S/C16H16N4S/c1-10-8-11-4-2-3-5-13(11)20(10)9-14-18-15(17)12-6-7-21-16(12)19-14/h2-7,10H,8-9H2,1H3,(H2,17,18,19). The molecule has 3 heterocycles. The summed E-state index contributed by atoms with van der Waals surface area (Å²) in [5.74, 6) is 1.38. The van der Waals surface area contributed by atoms with Crippen LogP contribution in [0.15, 0.2) is 35.7 Å². The van der Waals surface area contributed by atoms with E-state index in [4.69, 9.17) is 5.73 Å². The van der Waals surface area contributed by atoms with Crippen molar-refractivity contribution < 1.29 is 0 Å². The summed E-state index contributed by atoms with van der Waals surface area (Å²) in [4.78, 5) is 12.5. The van der Waals surface area contributed by atoms with Gasteiger partial charge in [0.25, 0.3) is 0 Å². The lowest BCUT2D eigenvalue weighted by Gasteiger charge is -2.24. The molecule has 1 aromatic carbocycles. The Morgan fingerprint density at radius 1 is 1.29 bits per heavy atom. The highest BCUT2D eigenvalue weighted by Crippen LogP contribution is 2.33. The zero-order valence-electron chi connectivity index (χ0n) is 11.8. The Kier molecular flexibility index (Phi) is 2.82. The van der Waals surface area contributed by atoms with Crippen molar-refractivity contribution in [2.45, 2.75) is 25.9 Å². The monoisotopic (exact) mass is 296 g/mol. The van der Waals surface area contributed by atoms with Crippen LogP contribution in [0.5, 0.6) is 0 Å². The van der Waals surface area contributed by atoms with Crippen LogP contribution in [0.2, 0.25) is 0 Å². The first-order valence-electron chi connectivity index (χ1n) is 7.06. The van der Waals surface area contributed by atoms with Crippen LogP contribution >= 0.6 is 11.3 Å². The normalized spacial score (nSPS) is 17.4. The second-order valence-corrected chi connectivity index (χ2v) is 6.37. The Balaban J connectivity index is 1.71. The summed E-state index contributed by atoms with van der Waals surface area (Å²) < 4.78 is 0. The maximum Gasteiger partial charge on any atom is 0.151 e. The quantitative estimate of drug-likeness (QED) is 0.789. The fourth-order valence-electron chi connectivity index (χ4n) is 3.02. The van der Waals surface area contributed by atoms with Gasteiger partial charge in [0.15, 0.2) is 5.82 Å². The summed E-state index contributed by atoms with van der Waals surface area (Å²) in [5.41, 5.74) is 8.73. The minimum absolute atomic E-state index is 0.464. The first-order chi connectivity index (χ1) is 10.2. The lowest BCUT2D eigenvalue weighted by atomic mass is 10.1. The average Bonchev–Trinajstić information content (AvgIpc) is 3.05. The van der Waals surface area contributed by atoms with Crippen molar-refractivity contribution in [2.75, 3.05) is 10.6 Å². The number of fused-ring (bicyclic) bond motifs is 2. The molecule has 1 unspecified atom stereocenters. The Hall–Kier alpha value is -2.14. The van der Waals surface area contributed by atoms with Crippen molar-refractivity contribution >= 4 is 33.1 Å². The van der Waals surface area contributed by atoms with Gasteiger partial charge >= 0.3 is 0 Å². The molecule has 4 nitrogen and oxygen atoms in total. The van der Waals surface area contributed by atoms with Crippen LogP contribution in [0.4, 0.5) is 11.5 Å². The molecule has 0 spiro atoms. The van der Waals surface area contributed by atoms with E-state index in [2.05, 4.69) is 46.1 Å². The van der Waals surface area contributed by atoms with Crippen molar-refractivity contribution in [1.29, 1.82) is 0 Å². The molecule has 2 N–H and O–H groups in total. The molecule has 0 saturated heterocycles. The van der Waals surface area contributed by atoms with E-state index in [1.807, 2.05) is 11.4 Å². The van der Waals surface area contributed by atoms with Crippen molar-refractivity contribution in [2.24, 2.45) is 0 Å². The molecular weight excluding hydrogens is 280 g/mol. The van der Waals surface area contributed by atoms with Crippen molar-refractivity contribution in [3.8, 4) is 0 Å². The lowest BCUT2D eigenvalue weighted by Crippen LogP contribution is -2.29. The number of para-hydroxylation sites is 1. The number of hydrogen-bond acceptors (Lipinski definition) is 5. The smallest absolute Gasteiger partial charge is 0.151 e. The van der Waals surface area contributed by atoms with Gasteiger partial charge in [-0.25, -0.2) is 9.97 Å². The molecule has 1 atom stereocenters. The molecule has 0 aliphatic carbocycles. The molecular formula is C16H16N4S. The number of aromatic nitrogens is 2. The van der Waals surface area contributed by atoms with Crippen LogP contribution in [0.3, 0.4) is 0 Å². The lowest BCUT2D eigenvalue weighted by molar-refractivity contribution is 0.657. The minimum atomic E-state index is 0.464. The van der Waals surface area contributed by atoms with Crippen LogP contribution < -0.4 is 10.6 Å². The van der Waals surface area contributed by atoms with Gasteiger partial charge in [0.05, 0.1) is 11.9 Å². The van der Waals surface area contributed by atoms with Crippen molar-refractivity contribution in [3.05, 3.63) is 47.1 Å². The fraction of sp³-hybridized carbons (Fsp3) is 0.250. The summed E-state index contributed by atoms with van der Waals surface area (Å²) in [6.45, 7) is 2.95. The van der Waals surface area contributed by atoms with Crippen molar-refractivity contribution in [3.63, 3.8) is 0 Å². The van der Waals surface area contributed by atoms with E-state index in [-0.39, 0.29) is 0 Å². The number of benzene rings is 1. The van der Waals surface area contributed by atoms with E-state index in [0.717, 1.165) is 22.5 Å². The molecule has 0 saturated carbocycles. The molecule has 3 aromatic rings. The third kappa shape index (κ3) is 2.05. The average molecular weight is 296 g/mol. The number of rotatable bonds is 2. The largest absolute Gasteiger partial charge is 0.383 e. The second-order valence-electron chi connectivity index (χ2n) is 5.47. The number of nitrogens with two attached hydrogens (primary N) is 1. The van der Waals surface area contributed by atoms with Crippen LogP contribution in [-0.4, -0.2) is 16.0 Å². The second kappa shape index (κ2) is 4.70. The first-order valence-corrected chi connectivity index (χ1v) is 7.94. The predicted molar refractivity (Wildman–Crippen MR) is 87.6 cm³/mol. The van der Waals surface area contributed by atoms with Crippen molar-refractivity contribution in [1.82, 2.24) is 9.97 Å². The maximum absolute atomic E-state index is 6.04. The van der Waals surface area contributed by atoms with Crippen LogP contribution in [0, 0.1) is 0 Å². The summed E-state index contributed by atoms with van der Waals surface area (Å²) in [6, 6.07) is 11.0. The first kappa shape index (κ1) is 12.6. The molecule has 0 amide bonds. The zero-order valence-corrected chi connectivity index (χ0v) is 12.6. The number of thiophene rings is 1. The Labute approximate surface area is 127 Å².